The van der Waals surface area contributed by atoms with Gasteiger partial charge in [0, 0.05) is 6.04 Å². The number of halogens is 1. The Labute approximate surface area is 107 Å². The molecule has 0 saturated heterocycles. The molecule has 0 aliphatic heterocycles. The van der Waals surface area contributed by atoms with Gasteiger partial charge in [-0.15, -0.1) is 12.4 Å². The van der Waals surface area contributed by atoms with Gasteiger partial charge in [-0.3, -0.25) is 4.79 Å². The molecular formula is C10H21ClN2O4. The van der Waals surface area contributed by atoms with Gasteiger partial charge in [-0.25, -0.2) is 4.79 Å². The van der Waals surface area contributed by atoms with E-state index in [4.69, 9.17) is 16.4 Å². The summed E-state index contributed by atoms with van der Waals surface area (Å²) in [6.07, 6.45) is 0.144. The molecule has 7 heteroatoms. The van der Waals surface area contributed by atoms with E-state index in [1.807, 2.05) is 0 Å². The van der Waals surface area contributed by atoms with E-state index in [0.717, 1.165) is 0 Å². The van der Waals surface area contributed by atoms with Crippen molar-refractivity contribution in [2.24, 2.45) is 17.5 Å². The van der Waals surface area contributed by atoms with Gasteiger partial charge >= 0.3 is 11.9 Å². The fourth-order valence-electron chi connectivity index (χ4n) is 1.12. The molecule has 0 fully saturated rings. The Bertz CT molecular complexity index is 264. The highest BCUT2D eigenvalue weighted by Crippen LogP contribution is 2.15. The topological polar surface area (TPSA) is 105 Å². The van der Waals surface area contributed by atoms with Crippen LogP contribution in [-0.4, -0.2) is 23.6 Å². The lowest BCUT2D eigenvalue weighted by Crippen LogP contribution is -2.37. The van der Waals surface area contributed by atoms with Crippen LogP contribution in [0.2, 0.25) is 0 Å². The number of carbonyl (C=O) groups excluding carboxylic acids is 2. The van der Waals surface area contributed by atoms with Gasteiger partial charge in [0.25, 0.3) is 0 Å². The summed E-state index contributed by atoms with van der Waals surface area (Å²) in [6, 6.07) is -0.323. The van der Waals surface area contributed by atoms with Gasteiger partial charge in [0.1, 0.15) is 5.60 Å². The molecule has 0 saturated carbocycles. The van der Waals surface area contributed by atoms with Crippen LogP contribution in [0.3, 0.4) is 0 Å². The highest BCUT2D eigenvalue weighted by molar-refractivity contribution is 5.94. The lowest BCUT2D eigenvalue weighted by atomic mass is 10.0. The molecule has 0 aromatic carbocycles. The number of hydrogen-bond donors (Lipinski definition) is 2. The van der Waals surface area contributed by atoms with Crippen molar-refractivity contribution in [2.45, 2.75) is 45.8 Å². The summed E-state index contributed by atoms with van der Waals surface area (Å²) in [4.78, 5) is 27.0. The zero-order valence-corrected chi connectivity index (χ0v) is 11.4. The van der Waals surface area contributed by atoms with Crippen molar-refractivity contribution in [2.75, 3.05) is 0 Å². The number of nitrogens with two attached hydrogens (primary N) is 2. The van der Waals surface area contributed by atoms with Crippen molar-refractivity contribution in [3.8, 4) is 0 Å². The fourth-order valence-corrected chi connectivity index (χ4v) is 1.12. The van der Waals surface area contributed by atoms with E-state index >= 15 is 0 Å². The molecule has 0 bridgehead atoms. The minimum atomic E-state index is -1.07. The first kappa shape index (κ1) is 18.5. The van der Waals surface area contributed by atoms with Crippen LogP contribution in [0.5, 0.6) is 0 Å². The summed E-state index contributed by atoms with van der Waals surface area (Å²) in [5.74, 6) is 2.19. The standard InChI is InChI=1S/C10H20N2O4.ClH/c1-6(11)5-7(9(14)16-12)8(13)15-10(2,3)4;/h6-7H,5,11-12H2,1-4H3;1H. The Morgan fingerprint density at radius 1 is 1.24 bits per heavy atom. The van der Waals surface area contributed by atoms with E-state index in [2.05, 4.69) is 4.84 Å². The van der Waals surface area contributed by atoms with Gasteiger partial charge in [-0.2, -0.15) is 5.90 Å². The molecular weight excluding hydrogens is 248 g/mol. The Morgan fingerprint density at radius 3 is 2.00 bits per heavy atom. The second-order valence-corrected chi connectivity index (χ2v) is 4.74. The van der Waals surface area contributed by atoms with Crippen molar-refractivity contribution in [1.82, 2.24) is 0 Å². The summed E-state index contributed by atoms with van der Waals surface area (Å²) in [7, 11) is 0. The third kappa shape index (κ3) is 7.95. The molecule has 0 aromatic rings. The lowest BCUT2D eigenvalue weighted by molar-refractivity contribution is -0.170. The van der Waals surface area contributed by atoms with E-state index in [1.165, 1.54) is 0 Å². The van der Waals surface area contributed by atoms with Crippen molar-refractivity contribution < 1.29 is 19.2 Å². The minimum Gasteiger partial charge on any atom is -0.459 e. The zero-order valence-electron chi connectivity index (χ0n) is 10.6. The fraction of sp³-hybridized carbons (Fsp3) is 0.800. The maximum Gasteiger partial charge on any atom is 0.338 e. The molecule has 102 valence electrons. The largest absolute Gasteiger partial charge is 0.459 e. The summed E-state index contributed by atoms with van der Waals surface area (Å²) in [5, 5.41) is 0. The molecule has 0 spiro atoms. The van der Waals surface area contributed by atoms with E-state index in [9.17, 15) is 9.59 Å². The smallest absolute Gasteiger partial charge is 0.338 e. The Balaban J connectivity index is 0. The van der Waals surface area contributed by atoms with Gasteiger partial charge in [0.2, 0.25) is 0 Å². The number of hydrogen-bond acceptors (Lipinski definition) is 6. The third-order valence-electron chi connectivity index (χ3n) is 1.70. The third-order valence-corrected chi connectivity index (χ3v) is 1.70. The normalized spacial score (nSPS) is 14.2. The average Bonchev–Trinajstić information content (AvgIpc) is 2.09. The highest BCUT2D eigenvalue weighted by atomic mass is 35.5. The van der Waals surface area contributed by atoms with Crippen LogP contribution >= 0.6 is 12.4 Å². The van der Waals surface area contributed by atoms with Gasteiger partial charge in [-0.1, -0.05) is 0 Å². The van der Waals surface area contributed by atoms with Crippen molar-refractivity contribution in [3.05, 3.63) is 0 Å². The molecule has 0 rings (SSSR count). The maximum atomic E-state index is 11.7. The quantitative estimate of drug-likeness (QED) is 0.438. The first-order chi connectivity index (χ1) is 7.17. The van der Waals surface area contributed by atoms with Crippen LogP contribution in [0.25, 0.3) is 0 Å². The number of ether oxygens (including phenoxy) is 1. The zero-order chi connectivity index (χ0) is 12.9. The number of rotatable bonds is 4. The second-order valence-electron chi connectivity index (χ2n) is 4.74. The SMILES string of the molecule is CC(N)CC(C(=O)ON)C(=O)OC(C)(C)C.Cl. The molecule has 0 aliphatic rings. The van der Waals surface area contributed by atoms with Crippen LogP contribution in [-0.2, 0) is 19.2 Å². The van der Waals surface area contributed by atoms with Gasteiger partial charge in [-0.05, 0) is 34.1 Å². The monoisotopic (exact) mass is 268 g/mol. The summed E-state index contributed by atoms with van der Waals surface area (Å²) < 4.78 is 5.07. The summed E-state index contributed by atoms with van der Waals surface area (Å²) >= 11 is 0. The second kappa shape index (κ2) is 7.47. The maximum absolute atomic E-state index is 11.7. The van der Waals surface area contributed by atoms with Crippen LogP contribution in [0.15, 0.2) is 0 Å². The Kier molecular flexibility index (Phi) is 8.14. The van der Waals surface area contributed by atoms with E-state index in [0.29, 0.717) is 0 Å². The molecule has 0 amide bonds. The Morgan fingerprint density at radius 2 is 1.71 bits per heavy atom. The van der Waals surface area contributed by atoms with Gasteiger partial charge in [0.05, 0.1) is 0 Å². The van der Waals surface area contributed by atoms with Crippen LogP contribution < -0.4 is 11.6 Å². The summed E-state index contributed by atoms with van der Waals surface area (Å²) in [6.45, 7) is 6.81. The van der Waals surface area contributed by atoms with Crippen LogP contribution in [0, 0.1) is 5.92 Å². The van der Waals surface area contributed by atoms with Crippen LogP contribution in [0.4, 0.5) is 0 Å². The molecule has 2 unspecified atom stereocenters. The van der Waals surface area contributed by atoms with E-state index in [-0.39, 0.29) is 24.9 Å². The number of carbonyl (C=O) groups is 2. The van der Waals surface area contributed by atoms with E-state index < -0.39 is 23.5 Å². The molecule has 6 nitrogen and oxygen atoms in total. The molecule has 2 atom stereocenters. The molecule has 0 aliphatic carbocycles. The Hall–Kier alpha value is -0.850. The first-order valence-corrected chi connectivity index (χ1v) is 5.06. The predicted octanol–water partition coefficient (Wildman–Crippen LogP) is 0.520. The number of esters is 1. The van der Waals surface area contributed by atoms with Crippen molar-refractivity contribution >= 4 is 24.3 Å². The molecule has 0 radical (unpaired) electrons. The molecule has 17 heavy (non-hydrogen) atoms. The molecule has 0 aromatic heterocycles. The van der Waals surface area contributed by atoms with Gasteiger partial charge < -0.3 is 15.3 Å². The average molecular weight is 269 g/mol. The van der Waals surface area contributed by atoms with Crippen molar-refractivity contribution in [3.63, 3.8) is 0 Å². The highest BCUT2D eigenvalue weighted by Gasteiger charge is 2.33. The first-order valence-electron chi connectivity index (χ1n) is 5.06. The van der Waals surface area contributed by atoms with E-state index in [1.54, 1.807) is 27.7 Å². The minimum absolute atomic E-state index is 0. The summed E-state index contributed by atoms with van der Waals surface area (Å²) in [5.41, 5.74) is 4.87. The predicted molar refractivity (Wildman–Crippen MR) is 65.1 cm³/mol. The molecule has 4 N–H and O–H groups in total. The lowest BCUT2D eigenvalue weighted by Gasteiger charge is -2.23. The van der Waals surface area contributed by atoms with Crippen LogP contribution in [0.1, 0.15) is 34.1 Å². The van der Waals surface area contributed by atoms with Gasteiger partial charge in [0.15, 0.2) is 5.92 Å². The van der Waals surface area contributed by atoms with Crippen molar-refractivity contribution in [1.29, 1.82) is 0 Å². The molecule has 0 heterocycles.